The maximum Gasteiger partial charge on any atom is 0.312 e. The Morgan fingerprint density at radius 1 is 1.33 bits per heavy atom. The van der Waals surface area contributed by atoms with Crippen molar-refractivity contribution in [2.75, 3.05) is 24.7 Å². The number of esters is 1. The van der Waals surface area contributed by atoms with Crippen LogP contribution in [0.3, 0.4) is 0 Å². The van der Waals surface area contributed by atoms with E-state index < -0.39 is 41.1 Å². The number of para-hydroxylation sites is 1. The van der Waals surface area contributed by atoms with E-state index in [-0.39, 0.29) is 31.6 Å². The third kappa shape index (κ3) is 3.76. The molecule has 4 rings (SSSR count). The van der Waals surface area contributed by atoms with Gasteiger partial charge in [-0.3, -0.25) is 14.4 Å². The molecule has 0 saturated carbocycles. The number of aliphatic hydroxyl groups excluding tert-OH is 1. The summed E-state index contributed by atoms with van der Waals surface area (Å²) >= 11 is 6.48. The fraction of sp³-hybridized carbons (Fsp3) is 0.593. The Morgan fingerprint density at radius 3 is 2.64 bits per heavy atom. The number of carbonyl (C=O) groups is 3. The van der Waals surface area contributed by atoms with Gasteiger partial charge in [0.2, 0.25) is 5.91 Å². The summed E-state index contributed by atoms with van der Waals surface area (Å²) in [5.74, 6) is -2.87. The summed E-state index contributed by atoms with van der Waals surface area (Å²) < 4.78 is 12.1. The minimum absolute atomic E-state index is 0.165. The lowest BCUT2D eigenvalue weighted by molar-refractivity contribution is -0.161. The molecule has 2 bridgehead atoms. The van der Waals surface area contributed by atoms with Gasteiger partial charge in [0.15, 0.2) is 0 Å². The van der Waals surface area contributed by atoms with Crippen LogP contribution in [0, 0.1) is 11.8 Å². The highest BCUT2D eigenvalue weighted by molar-refractivity contribution is 6.34. The summed E-state index contributed by atoms with van der Waals surface area (Å²) in [7, 11) is 0. The summed E-state index contributed by atoms with van der Waals surface area (Å²) in [6.45, 7) is 9.35. The van der Waals surface area contributed by atoms with Crippen molar-refractivity contribution in [3.05, 3.63) is 41.9 Å². The van der Waals surface area contributed by atoms with Crippen LogP contribution in [0.15, 0.2) is 36.9 Å². The second-order valence-electron chi connectivity index (χ2n) is 9.76. The van der Waals surface area contributed by atoms with E-state index in [4.69, 9.17) is 21.1 Å². The molecule has 36 heavy (non-hydrogen) atoms. The molecule has 6 atom stereocenters. The maximum absolute atomic E-state index is 14.4. The molecule has 1 spiro atoms. The Kier molecular flexibility index (Phi) is 7.51. The fourth-order valence-electron chi connectivity index (χ4n) is 6.59. The molecule has 3 aliphatic heterocycles. The van der Waals surface area contributed by atoms with Crippen LogP contribution in [0.5, 0.6) is 0 Å². The largest absolute Gasteiger partial charge is 0.466 e. The summed E-state index contributed by atoms with van der Waals surface area (Å²) in [5, 5.41) is 10.6. The van der Waals surface area contributed by atoms with Gasteiger partial charge in [0.1, 0.15) is 17.6 Å². The van der Waals surface area contributed by atoms with Crippen molar-refractivity contribution in [1.82, 2.24) is 4.90 Å². The first-order chi connectivity index (χ1) is 17.3. The lowest BCUT2D eigenvalue weighted by Crippen LogP contribution is -2.59. The third-order valence-corrected chi connectivity index (χ3v) is 8.51. The van der Waals surface area contributed by atoms with E-state index >= 15 is 0 Å². The Hall–Kier alpha value is -2.42. The molecule has 3 heterocycles. The summed E-state index contributed by atoms with van der Waals surface area (Å²) in [5.41, 5.74) is -1.58. The minimum Gasteiger partial charge on any atom is -0.466 e. The number of anilines is 1. The molecule has 2 unspecified atom stereocenters. The van der Waals surface area contributed by atoms with Gasteiger partial charge in [-0.05, 0) is 44.7 Å². The third-order valence-electron chi connectivity index (χ3n) is 8.19. The number of halogens is 1. The van der Waals surface area contributed by atoms with Gasteiger partial charge < -0.3 is 24.4 Å². The molecule has 2 amide bonds. The number of benzene rings is 1. The normalized spacial score (nSPS) is 31.3. The molecule has 0 aromatic heterocycles. The molecule has 3 aliphatic rings. The smallest absolute Gasteiger partial charge is 0.312 e. The average Bonchev–Trinajstić information content (AvgIpc) is 3.48. The quantitative estimate of drug-likeness (QED) is 0.377. The van der Waals surface area contributed by atoms with Crippen LogP contribution in [0.4, 0.5) is 5.69 Å². The lowest BCUT2D eigenvalue weighted by Gasteiger charge is -2.39. The van der Waals surface area contributed by atoms with Crippen LogP contribution in [-0.2, 0) is 23.9 Å². The number of likely N-dealkylation sites (tertiary alicyclic amines) is 1. The number of rotatable bonds is 10. The zero-order valence-corrected chi connectivity index (χ0v) is 21.9. The highest BCUT2D eigenvalue weighted by Gasteiger charge is 2.79. The van der Waals surface area contributed by atoms with E-state index in [1.807, 2.05) is 13.8 Å². The first kappa shape index (κ1) is 26.6. The molecule has 0 aliphatic carbocycles. The fourth-order valence-corrected chi connectivity index (χ4v) is 6.83. The van der Waals surface area contributed by atoms with Crippen LogP contribution in [0.2, 0.25) is 5.02 Å². The molecule has 1 aromatic carbocycles. The topological polar surface area (TPSA) is 96.4 Å². The molecule has 9 heteroatoms. The number of hydrogen-bond donors (Lipinski definition) is 1. The van der Waals surface area contributed by atoms with Crippen molar-refractivity contribution in [1.29, 1.82) is 0 Å². The summed E-state index contributed by atoms with van der Waals surface area (Å²) in [4.78, 5) is 44.8. The number of hydrogen-bond acceptors (Lipinski definition) is 6. The number of nitrogens with zero attached hydrogens (tertiary/aromatic N) is 2. The van der Waals surface area contributed by atoms with Crippen molar-refractivity contribution >= 4 is 35.1 Å². The first-order valence-electron chi connectivity index (χ1n) is 12.7. The number of carbonyl (C=O) groups excluding carboxylic acids is 3. The van der Waals surface area contributed by atoms with E-state index in [9.17, 15) is 19.5 Å². The van der Waals surface area contributed by atoms with E-state index in [0.717, 1.165) is 0 Å². The highest BCUT2D eigenvalue weighted by Crippen LogP contribution is 2.65. The molecular formula is C27H35ClN2O6. The Balaban J connectivity index is 1.87. The van der Waals surface area contributed by atoms with Crippen LogP contribution in [0.1, 0.15) is 46.5 Å². The second-order valence-corrected chi connectivity index (χ2v) is 10.2. The van der Waals surface area contributed by atoms with E-state index in [1.54, 1.807) is 37.3 Å². The zero-order valence-electron chi connectivity index (χ0n) is 21.1. The first-order valence-corrected chi connectivity index (χ1v) is 13.1. The maximum atomic E-state index is 14.4. The van der Waals surface area contributed by atoms with E-state index in [2.05, 4.69) is 6.58 Å². The summed E-state index contributed by atoms with van der Waals surface area (Å²) in [6.07, 6.45) is 3.54. The predicted octanol–water partition coefficient (Wildman–Crippen LogP) is 3.35. The van der Waals surface area contributed by atoms with Gasteiger partial charge in [-0.1, -0.05) is 43.7 Å². The Morgan fingerprint density at radius 2 is 2.06 bits per heavy atom. The van der Waals surface area contributed by atoms with Gasteiger partial charge in [-0.2, -0.15) is 0 Å². The van der Waals surface area contributed by atoms with Gasteiger partial charge in [0.25, 0.3) is 5.91 Å². The van der Waals surface area contributed by atoms with Gasteiger partial charge in [0.05, 0.1) is 41.5 Å². The summed E-state index contributed by atoms with van der Waals surface area (Å²) in [6, 6.07) is 5.36. The van der Waals surface area contributed by atoms with E-state index in [1.165, 1.54) is 9.80 Å². The monoisotopic (exact) mass is 518 g/mol. The number of fused-ring (bicyclic) bond motifs is 1. The van der Waals surface area contributed by atoms with Crippen molar-refractivity contribution in [3.63, 3.8) is 0 Å². The zero-order chi connectivity index (χ0) is 26.3. The number of aliphatic hydroxyl groups is 1. The molecule has 8 nitrogen and oxygen atoms in total. The van der Waals surface area contributed by atoms with Crippen molar-refractivity contribution < 1.29 is 29.0 Å². The van der Waals surface area contributed by atoms with Crippen LogP contribution >= 0.6 is 11.6 Å². The van der Waals surface area contributed by atoms with Crippen molar-refractivity contribution in [3.8, 4) is 0 Å². The van der Waals surface area contributed by atoms with Crippen LogP contribution in [0.25, 0.3) is 0 Å². The lowest BCUT2D eigenvalue weighted by atomic mass is 9.65. The molecule has 196 valence electrons. The Labute approximate surface area is 217 Å². The van der Waals surface area contributed by atoms with Crippen molar-refractivity contribution in [2.24, 2.45) is 11.8 Å². The minimum atomic E-state index is -1.20. The van der Waals surface area contributed by atoms with Crippen molar-refractivity contribution in [2.45, 2.75) is 69.7 Å². The van der Waals surface area contributed by atoms with Gasteiger partial charge >= 0.3 is 5.97 Å². The average molecular weight is 519 g/mol. The standard InChI is InChI=1S/C27H35ClN2O6/c1-5-15-29(19-12-10-9-11-18(19)28)24(33)22-27-14-13-26(7-3,36-27)21(25(34)35-8-4)20(27)23(32)30(22)17(6-2)16-31/h5,9-12,17,20-22,31H,1,6-8,13-16H2,2-4H3/t17-,20-,21+,22?,26-,27?/m0/s1. The van der Waals surface area contributed by atoms with Crippen LogP contribution < -0.4 is 4.90 Å². The number of amides is 2. The molecule has 0 radical (unpaired) electrons. The molecule has 3 fully saturated rings. The SMILES string of the molecule is C=CCN(C(=O)C1N([C@@H](CC)CO)C(=O)[C@@H]2[C@H](C(=O)OCC)[C@]3(CC)CCC12O3)c1ccccc1Cl. The predicted molar refractivity (Wildman–Crippen MR) is 135 cm³/mol. The molecular weight excluding hydrogens is 484 g/mol. The Bertz CT molecular complexity index is 1040. The molecule has 3 saturated heterocycles. The molecule has 1 N–H and O–H groups in total. The molecule has 1 aromatic rings. The number of ether oxygens (including phenoxy) is 2. The van der Waals surface area contributed by atoms with E-state index in [0.29, 0.717) is 36.4 Å². The van der Waals surface area contributed by atoms with Gasteiger partial charge in [-0.15, -0.1) is 6.58 Å². The van der Waals surface area contributed by atoms with Gasteiger partial charge in [0, 0.05) is 6.54 Å². The van der Waals surface area contributed by atoms with Crippen LogP contribution in [-0.4, -0.2) is 70.8 Å². The van der Waals surface area contributed by atoms with Gasteiger partial charge in [-0.25, -0.2) is 0 Å². The second kappa shape index (κ2) is 10.1. The highest BCUT2D eigenvalue weighted by atomic mass is 35.5.